The van der Waals surface area contributed by atoms with Crippen molar-refractivity contribution < 1.29 is 4.74 Å². The Balaban J connectivity index is 1.83. The number of hydrogen-bond acceptors (Lipinski definition) is 3. The molecule has 3 nitrogen and oxygen atoms in total. The lowest BCUT2D eigenvalue weighted by Gasteiger charge is -2.06. The summed E-state index contributed by atoms with van der Waals surface area (Å²) in [6.45, 7) is 1.18. The lowest BCUT2D eigenvalue weighted by Crippen LogP contribution is -2.22. The summed E-state index contributed by atoms with van der Waals surface area (Å²) in [5.41, 5.74) is 2.21. The Morgan fingerprint density at radius 2 is 2.00 bits per heavy atom. The molecule has 0 N–H and O–H groups in total. The molecule has 0 bridgehead atoms. The molecule has 3 rings (SSSR count). The van der Waals surface area contributed by atoms with E-state index in [4.69, 9.17) is 10.00 Å². The maximum absolute atomic E-state index is 8.83. The summed E-state index contributed by atoms with van der Waals surface area (Å²) in [5.74, 6) is 0.820. The fraction of sp³-hybridized carbons (Fsp3) is 0.176. The van der Waals surface area contributed by atoms with E-state index in [1.165, 1.54) is 0 Å². The summed E-state index contributed by atoms with van der Waals surface area (Å²) in [4.78, 5) is 4.42. The van der Waals surface area contributed by atoms with Gasteiger partial charge in [-0.15, -0.1) is 0 Å². The second-order valence-corrected chi connectivity index (χ2v) is 4.71. The van der Waals surface area contributed by atoms with Gasteiger partial charge in [0.05, 0.1) is 24.4 Å². The van der Waals surface area contributed by atoms with Gasteiger partial charge in [0.25, 0.3) is 0 Å². The van der Waals surface area contributed by atoms with Crippen LogP contribution in [0.15, 0.2) is 53.5 Å². The highest BCUT2D eigenvalue weighted by atomic mass is 16.5. The predicted molar refractivity (Wildman–Crippen MR) is 76.5 cm³/mol. The Morgan fingerprint density at radius 1 is 1.15 bits per heavy atom. The van der Waals surface area contributed by atoms with Crippen molar-refractivity contribution in [3.8, 4) is 11.8 Å². The first-order chi connectivity index (χ1) is 9.86. The van der Waals surface area contributed by atoms with E-state index in [1.54, 1.807) is 0 Å². The molecule has 0 aromatic heterocycles. The topological polar surface area (TPSA) is 45.4 Å². The zero-order chi connectivity index (χ0) is 13.8. The average molecular weight is 262 g/mol. The van der Waals surface area contributed by atoms with Crippen LogP contribution in [0.3, 0.4) is 0 Å². The first-order valence-electron chi connectivity index (χ1n) is 6.57. The summed E-state index contributed by atoms with van der Waals surface area (Å²) in [7, 11) is 0. The van der Waals surface area contributed by atoms with Gasteiger partial charge in [0.2, 0.25) is 0 Å². The molecule has 0 radical (unpaired) electrons. The van der Waals surface area contributed by atoms with Crippen LogP contribution in [0.2, 0.25) is 0 Å². The van der Waals surface area contributed by atoms with Crippen LogP contribution in [-0.2, 0) is 6.61 Å². The van der Waals surface area contributed by atoms with Crippen LogP contribution in [0.5, 0.6) is 5.75 Å². The van der Waals surface area contributed by atoms with Crippen molar-refractivity contribution in [2.75, 3.05) is 6.54 Å². The molecular formula is C17H14N2O. The smallest absolute Gasteiger partial charge is 0.120 e. The first kappa shape index (κ1) is 12.4. The van der Waals surface area contributed by atoms with Crippen molar-refractivity contribution in [3.63, 3.8) is 0 Å². The van der Waals surface area contributed by atoms with E-state index >= 15 is 0 Å². The van der Waals surface area contributed by atoms with Crippen LogP contribution >= 0.6 is 0 Å². The molecule has 0 amide bonds. The van der Waals surface area contributed by atoms with Crippen LogP contribution < -0.4 is 15.3 Å². The molecule has 2 aromatic carbocycles. The second-order valence-electron chi connectivity index (χ2n) is 4.71. The third-order valence-corrected chi connectivity index (χ3v) is 3.33. The normalized spacial score (nSPS) is 12.4. The van der Waals surface area contributed by atoms with E-state index in [0.717, 1.165) is 27.5 Å². The van der Waals surface area contributed by atoms with Crippen molar-refractivity contribution in [1.82, 2.24) is 0 Å². The van der Waals surface area contributed by atoms with E-state index in [2.05, 4.69) is 11.1 Å². The van der Waals surface area contributed by atoms with Gasteiger partial charge in [-0.25, -0.2) is 0 Å². The molecule has 98 valence electrons. The van der Waals surface area contributed by atoms with Crippen molar-refractivity contribution in [2.45, 2.75) is 13.0 Å². The highest BCUT2D eigenvalue weighted by Crippen LogP contribution is 2.11. The standard InChI is InChI=1S/C17H14N2O/c18-9-8-14-11-19-17-7-6-15(10-16(14)17)20-12-13-4-2-1-3-5-13/h1-7,10H,8,11-12H2. The molecule has 0 unspecified atom stereocenters. The molecule has 0 fully saturated rings. The molecule has 0 saturated heterocycles. The molecule has 0 spiro atoms. The van der Waals surface area contributed by atoms with Crippen molar-refractivity contribution in [1.29, 1.82) is 5.26 Å². The molecule has 0 saturated carbocycles. The highest BCUT2D eigenvalue weighted by molar-refractivity contribution is 5.52. The van der Waals surface area contributed by atoms with Gasteiger partial charge in [0.1, 0.15) is 12.4 Å². The number of nitrogens with zero attached hydrogens (tertiary/aromatic N) is 2. The molecule has 1 heterocycles. The Hall–Kier alpha value is -2.60. The molecule has 0 aliphatic carbocycles. The van der Waals surface area contributed by atoms with E-state index in [1.807, 2.05) is 48.5 Å². The third-order valence-electron chi connectivity index (χ3n) is 3.33. The fourth-order valence-corrected chi connectivity index (χ4v) is 2.28. The monoisotopic (exact) mass is 262 g/mol. The van der Waals surface area contributed by atoms with Gasteiger partial charge >= 0.3 is 0 Å². The lowest BCUT2D eigenvalue weighted by atomic mass is 10.1. The van der Waals surface area contributed by atoms with E-state index in [-0.39, 0.29) is 0 Å². The van der Waals surface area contributed by atoms with Crippen LogP contribution in [0, 0.1) is 11.3 Å². The number of fused-ring (bicyclic) bond motifs is 1. The van der Waals surface area contributed by atoms with Crippen LogP contribution in [0.25, 0.3) is 5.57 Å². The SMILES string of the molecule is N#CCC1=c2cc(OCc3ccccc3)ccc2=NC1. The van der Waals surface area contributed by atoms with Crippen molar-refractivity contribution >= 4 is 5.57 Å². The van der Waals surface area contributed by atoms with Gasteiger partial charge in [0.15, 0.2) is 0 Å². The zero-order valence-corrected chi connectivity index (χ0v) is 11.0. The van der Waals surface area contributed by atoms with Crippen LogP contribution in [0.1, 0.15) is 12.0 Å². The Bertz CT molecular complexity index is 773. The minimum Gasteiger partial charge on any atom is -0.489 e. The van der Waals surface area contributed by atoms with E-state index in [9.17, 15) is 0 Å². The Kier molecular flexibility index (Phi) is 3.47. The average Bonchev–Trinajstić information content (AvgIpc) is 2.89. The van der Waals surface area contributed by atoms with Crippen molar-refractivity contribution in [2.24, 2.45) is 4.99 Å². The number of hydrogen-bond donors (Lipinski definition) is 0. The zero-order valence-electron chi connectivity index (χ0n) is 11.0. The molecule has 1 aliphatic heterocycles. The summed E-state index contributed by atoms with van der Waals surface area (Å²) in [5, 5.41) is 10.8. The lowest BCUT2D eigenvalue weighted by molar-refractivity contribution is 0.306. The Morgan fingerprint density at radius 3 is 2.80 bits per heavy atom. The second kappa shape index (κ2) is 5.58. The van der Waals surface area contributed by atoms with Gasteiger partial charge in [-0.2, -0.15) is 5.26 Å². The van der Waals surface area contributed by atoms with Gasteiger partial charge in [-0.1, -0.05) is 30.3 Å². The summed E-state index contributed by atoms with van der Waals surface area (Å²) >= 11 is 0. The predicted octanol–water partition coefficient (Wildman–Crippen LogP) is 1.96. The van der Waals surface area contributed by atoms with Gasteiger partial charge in [-0.3, -0.25) is 4.99 Å². The van der Waals surface area contributed by atoms with Crippen LogP contribution in [0.4, 0.5) is 0 Å². The number of ether oxygens (including phenoxy) is 1. The fourth-order valence-electron chi connectivity index (χ4n) is 2.28. The summed E-state index contributed by atoms with van der Waals surface area (Å²) in [6.07, 6.45) is 0.429. The maximum Gasteiger partial charge on any atom is 0.120 e. The summed E-state index contributed by atoms with van der Waals surface area (Å²) in [6, 6.07) is 18.1. The van der Waals surface area contributed by atoms with Gasteiger partial charge in [0, 0.05) is 5.22 Å². The quantitative estimate of drug-likeness (QED) is 0.845. The third kappa shape index (κ3) is 2.55. The minimum atomic E-state index is 0.429. The van der Waals surface area contributed by atoms with Gasteiger partial charge in [-0.05, 0) is 29.3 Å². The molecule has 1 aliphatic rings. The molecule has 3 heteroatoms. The number of nitriles is 1. The largest absolute Gasteiger partial charge is 0.489 e. The highest BCUT2D eigenvalue weighted by Gasteiger charge is 2.07. The van der Waals surface area contributed by atoms with Gasteiger partial charge < -0.3 is 4.74 Å². The van der Waals surface area contributed by atoms with Crippen LogP contribution in [-0.4, -0.2) is 6.54 Å². The number of benzene rings is 2. The maximum atomic E-state index is 8.83. The van der Waals surface area contributed by atoms with E-state index < -0.39 is 0 Å². The first-order valence-corrected chi connectivity index (χ1v) is 6.57. The molecule has 20 heavy (non-hydrogen) atoms. The number of rotatable bonds is 4. The van der Waals surface area contributed by atoms with E-state index in [0.29, 0.717) is 19.6 Å². The molecular weight excluding hydrogens is 248 g/mol. The van der Waals surface area contributed by atoms with Crippen molar-refractivity contribution in [3.05, 3.63) is 64.7 Å². The molecule has 0 atom stereocenters. The summed E-state index contributed by atoms with van der Waals surface area (Å²) < 4.78 is 5.81. The Labute approximate surface area is 117 Å². The minimum absolute atomic E-state index is 0.429. The molecule has 2 aromatic rings.